The molecule has 0 amide bonds. The van der Waals surface area contributed by atoms with Gasteiger partial charge in [0.15, 0.2) is 6.29 Å². The molecule has 2 fully saturated rings. The number of hydrogen-bond acceptors (Lipinski definition) is 5. The number of hydrogen-bond donors (Lipinski definition) is 0. The van der Waals surface area contributed by atoms with Crippen LogP contribution in [0.4, 0.5) is 0 Å². The van der Waals surface area contributed by atoms with Crippen LogP contribution in [0.2, 0.25) is 0 Å². The minimum absolute atomic E-state index is 0.0263. The first-order valence-corrected chi connectivity index (χ1v) is 15.9. The van der Waals surface area contributed by atoms with Gasteiger partial charge in [-0.25, -0.2) is 0 Å². The molecule has 6 atom stereocenters. The zero-order chi connectivity index (χ0) is 29.2. The van der Waals surface area contributed by atoms with Crippen molar-refractivity contribution in [3.05, 3.63) is 108 Å². The van der Waals surface area contributed by atoms with Crippen molar-refractivity contribution in [3.63, 3.8) is 0 Å². The Morgan fingerprint density at radius 3 is 1.76 bits per heavy atom. The second kappa shape index (κ2) is 15.3. The van der Waals surface area contributed by atoms with Gasteiger partial charge in [0.2, 0.25) is 0 Å². The molecule has 0 aromatic heterocycles. The average molecular weight is 573 g/mol. The Balaban J connectivity index is 1.49. The molecular weight excluding hydrogens is 524 g/mol. The number of fused-ring (bicyclic) bond motifs is 3. The highest BCUT2D eigenvalue weighted by Crippen LogP contribution is 2.50. The van der Waals surface area contributed by atoms with Gasteiger partial charge in [-0.15, -0.1) is 0 Å². The van der Waals surface area contributed by atoms with Crippen molar-refractivity contribution in [1.29, 1.82) is 0 Å². The SMILES string of the molecule is CCC1(CC)CCCC(C)OC2OC(COCc3ccccc3)C1C(OCc1ccccc1)C2OCc1ccccc1. The highest BCUT2D eigenvalue weighted by molar-refractivity contribution is 5.15. The summed E-state index contributed by atoms with van der Waals surface area (Å²) in [4.78, 5) is 0. The average Bonchev–Trinajstić information content (AvgIpc) is 3.03. The molecule has 42 heavy (non-hydrogen) atoms. The van der Waals surface area contributed by atoms with Gasteiger partial charge in [0.05, 0.1) is 44.7 Å². The van der Waals surface area contributed by atoms with Crippen LogP contribution in [0.3, 0.4) is 0 Å². The number of benzene rings is 3. The molecule has 2 aliphatic heterocycles. The molecule has 2 heterocycles. The fraction of sp³-hybridized carbons (Fsp3) is 0.514. The van der Waals surface area contributed by atoms with E-state index in [0.29, 0.717) is 26.4 Å². The Hall–Kier alpha value is -2.54. The molecule has 2 aliphatic rings. The van der Waals surface area contributed by atoms with Gasteiger partial charge < -0.3 is 23.7 Å². The summed E-state index contributed by atoms with van der Waals surface area (Å²) in [6.07, 6.45) is 4.04. The van der Waals surface area contributed by atoms with Crippen molar-refractivity contribution < 1.29 is 23.7 Å². The maximum atomic E-state index is 6.98. The Bertz CT molecular complexity index is 1170. The van der Waals surface area contributed by atoms with E-state index in [4.69, 9.17) is 23.7 Å². The summed E-state index contributed by atoms with van der Waals surface area (Å²) < 4.78 is 33.7. The van der Waals surface area contributed by atoms with Gasteiger partial charge in [-0.3, -0.25) is 0 Å². The van der Waals surface area contributed by atoms with Crippen molar-refractivity contribution in [2.24, 2.45) is 11.3 Å². The molecule has 5 rings (SSSR count). The predicted octanol–water partition coefficient (Wildman–Crippen LogP) is 8.11. The second-order valence-corrected chi connectivity index (χ2v) is 12.0. The van der Waals surface area contributed by atoms with Crippen molar-refractivity contribution in [1.82, 2.24) is 0 Å². The van der Waals surface area contributed by atoms with Gasteiger partial charge in [0, 0.05) is 5.92 Å². The normalized spacial score (nSPS) is 27.5. The quantitative estimate of drug-likeness (QED) is 0.219. The first kappa shape index (κ1) is 30.9. The molecule has 5 nitrogen and oxygen atoms in total. The molecule has 0 spiro atoms. The summed E-state index contributed by atoms with van der Waals surface area (Å²) in [7, 11) is 0. The lowest BCUT2D eigenvalue weighted by atomic mass is 9.62. The van der Waals surface area contributed by atoms with Crippen molar-refractivity contribution in [2.45, 2.75) is 103 Å². The van der Waals surface area contributed by atoms with Gasteiger partial charge >= 0.3 is 0 Å². The van der Waals surface area contributed by atoms with Crippen LogP contribution >= 0.6 is 0 Å². The maximum absolute atomic E-state index is 6.98. The third-order valence-corrected chi connectivity index (χ3v) is 9.39. The molecule has 0 saturated carbocycles. The molecule has 0 N–H and O–H groups in total. The molecule has 2 saturated heterocycles. The summed E-state index contributed by atoms with van der Waals surface area (Å²) in [5.74, 6) is 0.0843. The smallest absolute Gasteiger partial charge is 0.187 e. The molecule has 6 unspecified atom stereocenters. The Morgan fingerprint density at radius 2 is 1.21 bits per heavy atom. The molecule has 226 valence electrons. The number of rotatable bonds is 12. The molecule has 0 aliphatic carbocycles. The summed E-state index contributed by atoms with van der Waals surface area (Å²) in [5.41, 5.74) is 3.46. The Labute approximate surface area is 252 Å². The molecule has 3 aromatic carbocycles. The van der Waals surface area contributed by atoms with Crippen LogP contribution < -0.4 is 0 Å². The van der Waals surface area contributed by atoms with Crippen LogP contribution in [0.25, 0.3) is 0 Å². The fourth-order valence-corrected chi connectivity index (χ4v) is 6.95. The first-order valence-electron chi connectivity index (χ1n) is 15.9. The summed E-state index contributed by atoms with van der Waals surface area (Å²) in [6, 6.07) is 31.1. The number of ether oxygens (including phenoxy) is 5. The third-order valence-electron chi connectivity index (χ3n) is 9.39. The van der Waals surface area contributed by atoms with E-state index >= 15 is 0 Å². The van der Waals surface area contributed by atoms with Crippen LogP contribution in [0.15, 0.2) is 91.0 Å². The zero-order valence-electron chi connectivity index (χ0n) is 25.5. The Kier molecular flexibility index (Phi) is 11.2. The largest absolute Gasteiger partial charge is 0.374 e. The van der Waals surface area contributed by atoms with Crippen LogP contribution in [-0.2, 0) is 43.5 Å². The maximum Gasteiger partial charge on any atom is 0.187 e. The molecule has 5 heteroatoms. The van der Waals surface area contributed by atoms with E-state index in [9.17, 15) is 0 Å². The zero-order valence-corrected chi connectivity index (χ0v) is 25.5. The van der Waals surface area contributed by atoms with Gasteiger partial charge in [-0.1, -0.05) is 124 Å². The van der Waals surface area contributed by atoms with Crippen molar-refractivity contribution in [2.75, 3.05) is 6.61 Å². The lowest BCUT2D eigenvalue weighted by molar-refractivity contribution is -0.336. The lowest BCUT2D eigenvalue weighted by Gasteiger charge is -2.54. The minimum atomic E-state index is -0.546. The second-order valence-electron chi connectivity index (χ2n) is 12.0. The third kappa shape index (κ3) is 7.69. The first-order chi connectivity index (χ1) is 20.6. The highest BCUT2D eigenvalue weighted by atomic mass is 16.7. The van der Waals surface area contributed by atoms with E-state index in [1.165, 1.54) is 0 Å². The summed E-state index contributed by atoms with van der Waals surface area (Å²) in [5, 5.41) is 0. The van der Waals surface area contributed by atoms with Crippen molar-refractivity contribution >= 4 is 0 Å². The Morgan fingerprint density at radius 1 is 0.690 bits per heavy atom. The van der Waals surface area contributed by atoms with E-state index in [-0.39, 0.29) is 35.7 Å². The summed E-state index contributed by atoms with van der Waals surface area (Å²) in [6.45, 7) is 8.83. The van der Waals surface area contributed by atoms with Crippen LogP contribution in [0, 0.1) is 11.3 Å². The fourth-order valence-electron chi connectivity index (χ4n) is 6.95. The van der Waals surface area contributed by atoms with E-state index < -0.39 is 6.29 Å². The van der Waals surface area contributed by atoms with Gasteiger partial charge in [-0.05, 0) is 41.9 Å². The van der Waals surface area contributed by atoms with Crippen LogP contribution in [0.5, 0.6) is 0 Å². The topological polar surface area (TPSA) is 46.2 Å². The van der Waals surface area contributed by atoms with Crippen LogP contribution in [-0.4, -0.2) is 37.3 Å². The van der Waals surface area contributed by atoms with Crippen LogP contribution in [0.1, 0.15) is 69.6 Å². The highest BCUT2D eigenvalue weighted by Gasteiger charge is 2.55. The van der Waals surface area contributed by atoms with Gasteiger partial charge in [0.25, 0.3) is 0 Å². The van der Waals surface area contributed by atoms with E-state index in [0.717, 1.165) is 48.8 Å². The molecule has 0 radical (unpaired) electrons. The van der Waals surface area contributed by atoms with Gasteiger partial charge in [0.1, 0.15) is 6.10 Å². The van der Waals surface area contributed by atoms with Gasteiger partial charge in [-0.2, -0.15) is 0 Å². The lowest BCUT2D eigenvalue weighted by Crippen LogP contribution is -2.63. The minimum Gasteiger partial charge on any atom is -0.374 e. The standard InChI is InChI=1S/C37H48O5/c1-4-37(5-2)23-15-16-28(3)41-36-35(40-26-31-21-13-8-14-22-31)34(39-25-30-19-11-7-12-20-30)33(37)32(42-36)27-38-24-29-17-9-6-10-18-29/h6-14,17-22,28,32-36H,4-5,15-16,23-27H2,1-3H3. The molecular formula is C37H48O5. The predicted molar refractivity (Wildman–Crippen MR) is 166 cm³/mol. The monoisotopic (exact) mass is 572 g/mol. The van der Waals surface area contributed by atoms with E-state index in [1.807, 2.05) is 18.2 Å². The molecule has 3 aromatic rings. The summed E-state index contributed by atoms with van der Waals surface area (Å²) >= 11 is 0. The molecule has 2 bridgehead atoms. The van der Waals surface area contributed by atoms with E-state index in [1.54, 1.807) is 0 Å². The van der Waals surface area contributed by atoms with Crippen molar-refractivity contribution in [3.8, 4) is 0 Å². The van der Waals surface area contributed by atoms with E-state index in [2.05, 4.69) is 93.6 Å².